The molecule has 1 aliphatic heterocycles. The van der Waals surface area contributed by atoms with E-state index in [2.05, 4.69) is 15.9 Å². The van der Waals surface area contributed by atoms with Crippen LogP contribution in [-0.2, 0) is 0 Å². The van der Waals surface area contributed by atoms with Gasteiger partial charge in [0.15, 0.2) is 0 Å². The van der Waals surface area contributed by atoms with E-state index in [4.69, 9.17) is 0 Å². The number of amides is 1. The van der Waals surface area contributed by atoms with E-state index in [0.29, 0.717) is 4.47 Å². The van der Waals surface area contributed by atoms with Crippen molar-refractivity contribution in [1.82, 2.24) is 4.90 Å². The molecule has 1 heterocycles. The molecule has 17 heavy (non-hydrogen) atoms. The number of hydrogen-bond donors (Lipinski definition) is 2. The summed E-state index contributed by atoms with van der Waals surface area (Å²) in [6.07, 6.45) is -1.94. The predicted molar refractivity (Wildman–Crippen MR) is 62.0 cm³/mol. The number of aliphatic hydroxyl groups excluding tert-OH is 2. The van der Waals surface area contributed by atoms with Crippen molar-refractivity contribution >= 4 is 21.8 Å². The number of halogens is 2. The number of nitrogens with zero attached hydrogens (tertiary/aromatic N) is 1. The fourth-order valence-electron chi connectivity index (χ4n) is 1.80. The summed E-state index contributed by atoms with van der Waals surface area (Å²) in [5, 5.41) is 18.7. The van der Waals surface area contributed by atoms with Crippen molar-refractivity contribution in [3.8, 4) is 0 Å². The first-order valence-electron chi connectivity index (χ1n) is 5.10. The molecule has 0 bridgehead atoms. The standard InChI is InChI=1S/C11H11BrFNO3/c12-6-2-1-3-7(13)10(6)11(17)14-4-8(15)9(16)5-14/h1-3,8-9,15-16H,4-5H2. The van der Waals surface area contributed by atoms with Crippen LogP contribution in [0.25, 0.3) is 0 Å². The summed E-state index contributed by atoms with van der Waals surface area (Å²) in [7, 11) is 0. The molecule has 0 spiro atoms. The third kappa shape index (κ3) is 2.34. The van der Waals surface area contributed by atoms with E-state index in [1.54, 1.807) is 6.07 Å². The Bertz CT molecular complexity index is 424. The Morgan fingerprint density at radius 3 is 2.47 bits per heavy atom. The monoisotopic (exact) mass is 303 g/mol. The Hall–Kier alpha value is -0.980. The lowest BCUT2D eigenvalue weighted by atomic mass is 10.2. The first kappa shape index (κ1) is 12.5. The predicted octanol–water partition coefficient (Wildman–Crippen LogP) is 0.766. The zero-order valence-corrected chi connectivity index (χ0v) is 10.4. The maximum atomic E-state index is 13.5. The molecule has 2 atom stereocenters. The van der Waals surface area contributed by atoms with Crippen LogP contribution in [0.3, 0.4) is 0 Å². The summed E-state index contributed by atoms with van der Waals surface area (Å²) < 4.78 is 13.9. The maximum absolute atomic E-state index is 13.5. The van der Waals surface area contributed by atoms with Gasteiger partial charge in [-0.15, -0.1) is 0 Å². The Labute approximate surface area is 106 Å². The molecule has 4 nitrogen and oxygen atoms in total. The minimum absolute atomic E-state index is 0.0147. The number of hydrogen-bond acceptors (Lipinski definition) is 3. The highest BCUT2D eigenvalue weighted by atomic mass is 79.9. The molecule has 2 unspecified atom stereocenters. The molecule has 92 valence electrons. The Balaban J connectivity index is 2.27. The normalized spacial score (nSPS) is 24.1. The van der Waals surface area contributed by atoms with E-state index in [0.717, 1.165) is 0 Å². The third-order valence-electron chi connectivity index (χ3n) is 2.72. The average molecular weight is 304 g/mol. The van der Waals surface area contributed by atoms with E-state index >= 15 is 0 Å². The van der Waals surface area contributed by atoms with E-state index in [-0.39, 0.29) is 18.7 Å². The zero-order chi connectivity index (χ0) is 12.6. The molecule has 2 rings (SSSR count). The van der Waals surface area contributed by atoms with Gasteiger partial charge in [0.2, 0.25) is 0 Å². The molecule has 2 N–H and O–H groups in total. The first-order chi connectivity index (χ1) is 8.00. The van der Waals surface area contributed by atoms with Crippen molar-refractivity contribution < 1.29 is 19.4 Å². The fourth-order valence-corrected chi connectivity index (χ4v) is 2.31. The lowest BCUT2D eigenvalue weighted by Crippen LogP contribution is -2.30. The number of β-amino-alcohol motifs (C(OH)–C–C–N with tert-alkyl or cyclic N) is 2. The Morgan fingerprint density at radius 2 is 1.94 bits per heavy atom. The molecular formula is C11H11BrFNO3. The van der Waals surface area contributed by atoms with Crippen molar-refractivity contribution in [1.29, 1.82) is 0 Å². The van der Waals surface area contributed by atoms with Gasteiger partial charge in [-0.25, -0.2) is 4.39 Å². The Kier molecular flexibility index (Phi) is 3.46. The highest BCUT2D eigenvalue weighted by molar-refractivity contribution is 9.10. The lowest BCUT2D eigenvalue weighted by molar-refractivity contribution is 0.0572. The van der Waals surface area contributed by atoms with Crippen molar-refractivity contribution in [2.45, 2.75) is 12.2 Å². The molecule has 0 radical (unpaired) electrons. The van der Waals surface area contributed by atoms with Crippen LogP contribution in [0.1, 0.15) is 10.4 Å². The number of benzene rings is 1. The van der Waals surface area contributed by atoms with Gasteiger partial charge in [-0.3, -0.25) is 4.79 Å². The van der Waals surface area contributed by atoms with Crippen LogP contribution >= 0.6 is 15.9 Å². The largest absolute Gasteiger partial charge is 0.388 e. The minimum atomic E-state index is -0.968. The molecular weight excluding hydrogens is 293 g/mol. The van der Waals surface area contributed by atoms with Crippen LogP contribution in [0.5, 0.6) is 0 Å². The maximum Gasteiger partial charge on any atom is 0.258 e. The summed E-state index contributed by atoms with van der Waals surface area (Å²) in [6.45, 7) is 0.0293. The zero-order valence-electron chi connectivity index (χ0n) is 8.81. The van der Waals surface area contributed by atoms with Gasteiger partial charge in [0.25, 0.3) is 5.91 Å². The van der Waals surface area contributed by atoms with Crippen molar-refractivity contribution in [2.75, 3.05) is 13.1 Å². The second-order valence-electron chi connectivity index (χ2n) is 3.94. The van der Waals surface area contributed by atoms with Gasteiger partial charge >= 0.3 is 0 Å². The molecule has 1 aromatic rings. The number of rotatable bonds is 1. The van der Waals surface area contributed by atoms with Crippen LogP contribution in [0, 0.1) is 5.82 Å². The summed E-state index contributed by atoms with van der Waals surface area (Å²) in [4.78, 5) is 13.2. The SMILES string of the molecule is O=C(c1c(F)cccc1Br)N1CC(O)C(O)C1. The minimum Gasteiger partial charge on any atom is -0.388 e. The van der Waals surface area contributed by atoms with Crippen LogP contribution < -0.4 is 0 Å². The second kappa shape index (κ2) is 4.72. The number of likely N-dealkylation sites (tertiary alicyclic amines) is 1. The lowest BCUT2D eigenvalue weighted by Gasteiger charge is -2.16. The van der Waals surface area contributed by atoms with Crippen LogP contribution in [0.15, 0.2) is 22.7 Å². The van der Waals surface area contributed by atoms with Gasteiger partial charge in [-0.05, 0) is 28.1 Å². The topological polar surface area (TPSA) is 60.8 Å². The quantitative estimate of drug-likeness (QED) is 0.805. The van der Waals surface area contributed by atoms with E-state index < -0.39 is 23.9 Å². The number of carbonyl (C=O) groups is 1. The number of carbonyl (C=O) groups excluding carboxylic acids is 1. The smallest absolute Gasteiger partial charge is 0.258 e. The van der Waals surface area contributed by atoms with E-state index in [1.165, 1.54) is 17.0 Å². The summed E-state index contributed by atoms with van der Waals surface area (Å²) in [5.74, 6) is -1.16. The molecule has 1 aromatic carbocycles. The van der Waals surface area contributed by atoms with E-state index in [9.17, 15) is 19.4 Å². The van der Waals surface area contributed by atoms with E-state index in [1.807, 2.05) is 0 Å². The van der Waals surface area contributed by atoms with Gasteiger partial charge in [0, 0.05) is 17.6 Å². The van der Waals surface area contributed by atoms with Crippen molar-refractivity contribution in [3.63, 3.8) is 0 Å². The van der Waals surface area contributed by atoms with Crippen molar-refractivity contribution in [3.05, 3.63) is 34.1 Å². The van der Waals surface area contributed by atoms with Crippen LogP contribution in [-0.4, -0.2) is 46.3 Å². The molecule has 0 aromatic heterocycles. The fraction of sp³-hybridized carbons (Fsp3) is 0.364. The molecule has 1 aliphatic rings. The van der Waals surface area contributed by atoms with Gasteiger partial charge in [0.05, 0.1) is 17.8 Å². The Morgan fingerprint density at radius 1 is 1.35 bits per heavy atom. The van der Waals surface area contributed by atoms with Crippen LogP contribution in [0.4, 0.5) is 4.39 Å². The summed E-state index contributed by atoms with van der Waals surface area (Å²) in [6, 6.07) is 4.25. The summed E-state index contributed by atoms with van der Waals surface area (Å²) in [5.41, 5.74) is -0.0752. The first-order valence-corrected chi connectivity index (χ1v) is 5.89. The molecule has 0 saturated carbocycles. The third-order valence-corrected chi connectivity index (χ3v) is 3.38. The molecule has 0 aliphatic carbocycles. The van der Waals surface area contributed by atoms with Gasteiger partial charge in [0.1, 0.15) is 5.82 Å². The van der Waals surface area contributed by atoms with Gasteiger partial charge in [-0.2, -0.15) is 0 Å². The highest BCUT2D eigenvalue weighted by Crippen LogP contribution is 2.23. The molecule has 1 saturated heterocycles. The van der Waals surface area contributed by atoms with Gasteiger partial charge in [-0.1, -0.05) is 6.07 Å². The summed E-state index contributed by atoms with van der Waals surface area (Å²) >= 11 is 3.11. The highest BCUT2D eigenvalue weighted by Gasteiger charge is 2.34. The van der Waals surface area contributed by atoms with Crippen molar-refractivity contribution in [2.24, 2.45) is 0 Å². The second-order valence-corrected chi connectivity index (χ2v) is 4.80. The molecule has 6 heteroatoms. The number of aliphatic hydroxyl groups is 2. The van der Waals surface area contributed by atoms with Crippen LogP contribution in [0.2, 0.25) is 0 Å². The molecule has 1 fully saturated rings. The molecule has 1 amide bonds. The average Bonchev–Trinajstić information content (AvgIpc) is 2.59. The van der Waals surface area contributed by atoms with Gasteiger partial charge < -0.3 is 15.1 Å².